The van der Waals surface area contributed by atoms with E-state index in [0.29, 0.717) is 5.69 Å². The number of H-pyrrole nitrogens is 1. The monoisotopic (exact) mass is 312 g/mol. The van der Waals surface area contributed by atoms with Crippen LogP contribution in [0.3, 0.4) is 0 Å². The number of hydrogen-bond acceptors (Lipinski definition) is 4. The van der Waals surface area contributed by atoms with E-state index in [4.69, 9.17) is 0 Å². The third-order valence-electron chi connectivity index (χ3n) is 1.99. The van der Waals surface area contributed by atoms with E-state index < -0.39 is 12.3 Å². The van der Waals surface area contributed by atoms with Crippen LogP contribution in [0.2, 0.25) is 0 Å². The Labute approximate surface area is 140 Å². The van der Waals surface area contributed by atoms with Gasteiger partial charge in [0.25, 0.3) is 5.91 Å². The average Bonchev–Trinajstić information content (AvgIpc) is 2.83. The van der Waals surface area contributed by atoms with Crippen molar-refractivity contribution < 1.29 is 22.7 Å². The molecule has 2 N–H and O–H groups in total. The number of aromatic amines is 1. The summed E-state index contributed by atoms with van der Waals surface area (Å²) in [6.45, 7) is 0. The van der Waals surface area contributed by atoms with Crippen LogP contribution in [0.5, 0.6) is 5.75 Å². The topological polar surface area (TPSA) is 79.9 Å². The molecule has 0 spiro atoms. The molecule has 102 valence electrons. The van der Waals surface area contributed by atoms with Gasteiger partial charge in [0.05, 0.1) is 6.20 Å². The minimum atomic E-state index is -4.74. The average molecular weight is 312 g/mol. The number of carbonyl (C=O) groups excluding carboxylic acids is 1. The molecule has 1 aromatic heterocycles. The molecule has 1 amide bonds. The van der Waals surface area contributed by atoms with Crippen molar-refractivity contribution in [3.63, 3.8) is 0 Å². The molecule has 10 heteroatoms. The minimum absolute atomic E-state index is 0. The maximum Gasteiger partial charge on any atom is 0.573 e. The van der Waals surface area contributed by atoms with E-state index in [-0.39, 0.29) is 49.2 Å². The number of aromatic nitrogens is 3. The van der Waals surface area contributed by atoms with Crippen molar-refractivity contribution in [1.29, 1.82) is 0 Å². The summed E-state index contributed by atoms with van der Waals surface area (Å²) in [5, 5.41) is 11.7. The number of anilines is 1. The van der Waals surface area contributed by atoms with Crippen molar-refractivity contribution in [2.75, 3.05) is 5.32 Å². The van der Waals surface area contributed by atoms with E-state index in [0.717, 1.165) is 12.1 Å². The molecule has 0 saturated carbocycles. The first-order valence-corrected chi connectivity index (χ1v) is 4.97. The van der Waals surface area contributed by atoms with Crippen LogP contribution in [0.15, 0.2) is 30.5 Å². The Hall–Kier alpha value is -1.32. The summed E-state index contributed by atoms with van der Waals surface area (Å²) >= 11 is 0. The van der Waals surface area contributed by atoms with Crippen molar-refractivity contribution in [3.8, 4) is 5.75 Å². The van der Waals surface area contributed by atoms with E-state index in [1.54, 1.807) is 0 Å². The number of hydrogen-bond donors (Lipinski definition) is 2. The van der Waals surface area contributed by atoms with Crippen LogP contribution >= 0.6 is 0 Å². The zero-order valence-corrected chi connectivity index (χ0v) is 12.1. The summed E-state index contributed by atoms with van der Waals surface area (Å²) < 4.78 is 39.5. The van der Waals surface area contributed by atoms with Gasteiger partial charge in [0.2, 0.25) is 0 Å². The van der Waals surface area contributed by atoms with Crippen LogP contribution in [-0.4, -0.2) is 65.4 Å². The fourth-order valence-electron chi connectivity index (χ4n) is 1.25. The number of nitrogens with zero attached hydrogens (tertiary/aromatic N) is 2. The number of alkyl halides is 3. The Morgan fingerprint density at radius 1 is 1.25 bits per heavy atom. The number of nitrogens with one attached hydrogen (secondary N) is 2. The number of carbonyl (C=O) groups is 1. The molecule has 1 heterocycles. The van der Waals surface area contributed by atoms with Gasteiger partial charge in [-0.05, 0) is 24.3 Å². The van der Waals surface area contributed by atoms with E-state index in [9.17, 15) is 18.0 Å². The van der Waals surface area contributed by atoms with Gasteiger partial charge >= 0.3 is 6.36 Å². The summed E-state index contributed by atoms with van der Waals surface area (Å²) in [4.78, 5) is 11.5. The summed E-state index contributed by atoms with van der Waals surface area (Å²) in [6.07, 6.45) is -3.53. The Bertz CT molecular complexity index is 557. The van der Waals surface area contributed by atoms with Crippen molar-refractivity contribution in [2.24, 2.45) is 0 Å². The third-order valence-corrected chi connectivity index (χ3v) is 1.99. The second kappa shape index (κ2) is 6.91. The standard InChI is InChI=1S/C10H7F3N4O2.Ca/c11-10(12,13)19-7-3-1-6(2-4-7)15-9(18)8-5-14-17-16-8;/h1-5H,(H,15,18)(H,14,16,17);. The zero-order valence-electron chi connectivity index (χ0n) is 9.94. The fraction of sp³-hybridized carbons (Fsp3) is 0.100. The quantitative estimate of drug-likeness (QED) is 0.843. The largest absolute Gasteiger partial charge is 0.573 e. The number of rotatable bonds is 3. The zero-order chi connectivity index (χ0) is 13.9. The van der Waals surface area contributed by atoms with Gasteiger partial charge in [0.15, 0.2) is 5.69 Å². The minimum Gasteiger partial charge on any atom is -0.406 e. The smallest absolute Gasteiger partial charge is 0.406 e. The summed E-state index contributed by atoms with van der Waals surface area (Å²) in [6, 6.07) is 4.73. The number of benzene rings is 1. The van der Waals surface area contributed by atoms with Crippen LogP contribution in [0, 0.1) is 0 Å². The second-order valence-corrected chi connectivity index (χ2v) is 3.38. The molecule has 0 aliphatic heterocycles. The maximum absolute atomic E-state index is 11.9. The van der Waals surface area contributed by atoms with Gasteiger partial charge < -0.3 is 10.1 Å². The van der Waals surface area contributed by atoms with Gasteiger partial charge in [-0.2, -0.15) is 15.4 Å². The molecule has 0 unspecified atom stereocenters. The molecule has 2 rings (SSSR count). The van der Waals surface area contributed by atoms with Crippen LogP contribution < -0.4 is 10.1 Å². The van der Waals surface area contributed by atoms with Gasteiger partial charge in [-0.3, -0.25) is 4.79 Å². The number of halogens is 3. The van der Waals surface area contributed by atoms with Crippen LogP contribution in [-0.2, 0) is 0 Å². The molecular formula is C10H7CaF3N4O2. The molecule has 0 aliphatic carbocycles. The predicted octanol–water partition coefficient (Wildman–Crippen LogP) is 1.57. The van der Waals surface area contributed by atoms with Crippen molar-refractivity contribution in [3.05, 3.63) is 36.2 Å². The molecule has 2 aromatic rings. The predicted molar refractivity (Wildman–Crippen MR) is 63.2 cm³/mol. The normalized spacial score (nSPS) is 10.6. The van der Waals surface area contributed by atoms with Crippen molar-refractivity contribution >= 4 is 49.3 Å². The van der Waals surface area contributed by atoms with Crippen LogP contribution in [0.25, 0.3) is 0 Å². The first-order valence-electron chi connectivity index (χ1n) is 4.97. The third kappa shape index (κ3) is 4.99. The Balaban J connectivity index is 0.00000200. The molecule has 0 saturated heterocycles. The summed E-state index contributed by atoms with van der Waals surface area (Å²) in [5.41, 5.74) is 0.373. The molecule has 6 nitrogen and oxygen atoms in total. The molecule has 0 aliphatic rings. The van der Waals surface area contributed by atoms with Gasteiger partial charge in [-0.25, -0.2) is 0 Å². The van der Waals surface area contributed by atoms with Gasteiger partial charge in [-0.1, -0.05) is 0 Å². The Kier molecular flexibility index (Phi) is 5.78. The molecule has 0 fully saturated rings. The molecule has 0 atom stereocenters. The molecule has 2 radical (unpaired) electrons. The number of amides is 1. The SMILES string of the molecule is O=C(Nc1ccc(OC(F)(F)F)cc1)c1cn[nH]n1.[Ca]. The fourth-order valence-corrected chi connectivity index (χ4v) is 1.25. The molecule has 1 aromatic carbocycles. The van der Waals surface area contributed by atoms with E-state index in [1.165, 1.54) is 18.3 Å². The van der Waals surface area contributed by atoms with Gasteiger partial charge in [0.1, 0.15) is 5.75 Å². The second-order valence-electron chi connectivity index (χ2n) is 3.38. The van der Waals surface area contributed by atoms with Gasteiger partial charge in [-0.15, -0.1) is 13.2 Å². The summed E-state index contributed by atoms with van der Waals surface area (Å²) in [5.74, 6) is -0.898. The van der Waals surface area contributed by atoms with Crippen LogP contribution in [0.1, 0.15) is 10.5 Å². The maximum atomic E-state index is 11.9. The van der Waals surface area contributed by atoms with Crippen molar-refractivity contribution in [1.82, 2.24) is 15.4 Å². The Morgan fingerprint density at radius 2 is 1.90 bits per heavy atom. The molecule has 20 heavy (non-hydrogen) atoms. The first kappa shape index (κ1) is 16.7. The van der Waals surface area contributed by atoms with E-state index >= 15 is 0 Å². The summed E-state index contributed by atoms with van der Waals surface area (Å²) in [7, 11) is 0. The Morgan fingerprint density at radius 3 is 2.40 bits per heavy atom. The molecule has 0 bridgehead atoms. The van der Waals surface area contributed by atoms with E-state index in [2.05, 4.69) is 25.5 Å². The van der Waals surface area contributed by atoms with Crippen LogP contribution in [0.4, 0.5) is 18.9 Å². The molecular weight excluding hydrogens is 305 g/mol. The van der Waals surface area contributed by atoms with Gasteiger partial charge in [0, 0.05) is 43.4 Å². The number of ether oxygens (including phenoxy) is 1. The van der Waals surface area contributed by atoms with E-state index in [1.807, 2.05) is 0 Å². The first-order chi connectivity index (χ1) is 8.94. The van der Waals surface area contributed by atoms with Crippen molar-refractivity contribution in [2.45, 2.75) is 6.36 Å².